The summed E-state index contributed by atoms with van der Waals surface area (Å²) in [5.74, 6) is 0.720. The predicted octanol–water partition coefficient (Wildman–Crippen LogP) is 1.42. The van der Waals surface area contributed by atoms with Gasteiger partial charge < -0.3 is 14.8 Å². The van der Waals surface area contributed by atoms with Crippen LogP contribution in [0.25, 0.3) is 10.9 Å². The Morgan fingerprint density at radius 3 is 2.55 bits per heavy atom. The number of hydrogen-bond acceptors (Lipinski definition) is 7. The Morgan fingerprint density at radius 1 is 1.12 bits per heavy atom. The number of sulfonamides is 1. The fourth-order valence-corrected chi connectivity index (χ4v) is 4.08. The van der Waals surface area contributed by atoms with Crippen molar-refractivity contribution in [3.63, 3.8) is 0 Å². The van der Waals surface area contributed by atoms with Crippen LogP contribution in [-0.2, 0) is 27.9 Å². The Hall–Kier alpha value is -3.44. The number of methoxy groups -OCH3 is 2. The molecule has 0 radical (unpaired) electrons. The van der Waals surface area contributed by atoms with Crippen molar-refractivity contribution < 1.29 is 22.7 Å². The first-order chi connectivity index (χ1) is 15.8. The Balaban J connectivity index is 1.59. The van der Waals surface area contributed by atoms with Crippen molar-refractivity contribution in [2.45, 2.75) is 30.8 Å². The number of aromatic nitrogens is 2. The Kier molecular flexibility index (Phi) is 7.67. The van der Waals surface area contributed by atoms with E-state index in [0.29, 0.717) is 40.9 Å². The number of ether oxygens (including phenoxy) is 2. The second-order valence-corrected chi connectivity index (χ2v) is 9.09. The molecule has 3 aromatic rings. The van der Waals surface area contributed by atoms with Gasteiger partial charge in [0.1, 0.15) is 0 Å². The largest absolute Gasteiger partial charge is 0.493 e. The first kappa shape index (κ1) is 24.2. The minimum absolute atomic E-state index is 0.133. The molecule has 33 heavy (non-hydrogen) atoms. The van der Waals surface area contributed by atoms with Gasteiger partial charge in [-0.1, -0.05) is 12.1 Å². The molecule has 0 aliphatic heterocycles. The molecular formula is C22H26N4O6S. The van der Waals surface area contributed by atoms with Crippen molar-refractivity contribution in [1.82, 2.24) is 19.6 Å². The van der Waals surface area contributed by atoms with Gasteiger partial charge in [-0.3, -0.25) is 14.2 Å². The number of nitrogens with zero attached hydrogens (tertiary/aromatic N) is 2. The van der Waals surface area contributed by atoms with Gasteiger partial charge >= 0.3 is 0 Å². The molecule has 3 rings (SSSR count). The van der Waals surface area contributed by atoms with Gasteiger partial charge in [-0.25, -0.2) is 18.1 Å². The molecule has 0 spiro atoms. The zero-order chi connectivity index (χ0) is 24.0. The van der Waals surface area contributed by atoms with Crippen LogP contribution in [0.4, 0.5) is 0 Å². The zero-order valence-electron chi connectivity index (χ0n) is 18.6. The summed E-state index contributed by atoms with van der Waals surface area (Å²) in [6, 6.07) is 9.58. The molecule has 0 aliphatic carbocycles. The lowest BCUT2D eigenvalue weighted by Crippen LogP contribution is -2.25. The molecule has 176 valence electrons. The first-order valence-electron chi connectivity index (χ1n) is 10.2. The standard InChI is InChI=1S/C22H26N4O6S/c1-23-33(29,30)16-7-4-6-15(10-16)13-24-21(27)8-5-9-26-14-25-18-12-20(32-3)19(31-2)11-17(18)22(26)28/h4,6-7,10-12,14,23H,5,8-9,13H2,1-3H3,(H,24,27). The SMILES string of the molecule is CNS(=O)(=O)c1cccc(CNC(=O)CCCn2cnc3cc(OC)c(OC)cc3c2=O)c1. The molecule has 0 bridgehead atoms. The predicted molar refractivity (Wildman–Crippen MR) is 123 cm³/mol. The molecule has 0 unspecified atom stereocenters. The van der Waals surface area contributed by atoms with E-state index >= 15 is 0 Å². The quantitative estimate of drug-likeness (QED) is 0.455. The number of fused-ring (bicyclic) bond motifs is 1. The van der Waals surface area contributed by atoms with Crippen LogP contribution in [0.3, 0.4) is 0 Å². The molecule has 0 saturated heterocycles. The van der Waals surface area contributed by atoms with E-state index in [0.717, 1.165) is 0 Å². The summed E-state index contributed by atoms with van der Waals surface area (Å²) >= 11 is 0. The van der Waals surface area contributed by atoms with E-state index in [9.17, 15) is 18.0 Å². The third kappa shape index (κ3) is 5.68. The van der Waals surface area contributed by atoms with Gasteiger partial charge in [0.15, 0.2) is 11.5 Å². The van der Waals surface area contributed by atoms with E-state index < -0.39 is 10.0 Å². The van der Waals surface area contributed by atoms with Gasteiger partial charge in [0.25, 0.3) is 5.56 Å². The van der Waals surface area contributed by atoms with Crippen molar-refractivity contribution in [1.29, 1.82) is 0 Å². The van der Waals surface area contributed by atoms with Crippen LogP contribution < -0.4 is 25.1 Å². The van der Waals surface area contributed by atoms with E-state index in [1.165, 1.54) is 44.3 Å². The highest BCUT2D eigenvalue weighted by Crippen LogP contribution is 2.29. The Bertz CT molecular complexity index is 1320. The summed E-state index contributed by atoms with van der Waals surface area (Å²) in [5, 5.41) is 3.17. The molecule has 0 atom stereocenters. The smallest absolute Gasteiger partial charge is 0.261 e. The summed E-state index contributed by atoms with van der Waals surface area (Å²) in [4.78, 5) is 29.5. The lowest BCUT2D eigenvalue weighted by Gasteiger charge is -2.11. The number of carbonyl (C=O) groups is 1. The van der Waals surface area contributed by atoms with E-state index in [-0.39, 0.29) is 29.3 Å². The summed E-state index contributed by atoms with van der Waals surface area (Å²) < 4.78 is 38.0. The monoisotopic (exact) mass is 474 g/mol. The molecule has 1 aromatic heterocycles. The van der Waals surface area contributed by atoms with E-state index in [1.54, 1.807) is 24.3 Å². The molecule has 10 nitrogen and oxygen atoms in total. The minimum atomic E-state index is -3.55. The highest BCUT2D eigenvalue weighted by atomic mass is 32.2. The second kappa shape index (κ2) is 10.5. The van der Waals surface area contributed by atoms with Gasteiger partial charge in [-0.2, -0.15) is 0 Å². The normalized spacial score (nSPS) is 11.4. The fraction of sp³-hybridized carbons (Fsp3) is 0.318. The van der Waals surface area contributed by atoms with Crippen LogP contribution >= 0.6 is 0 Å². The van der Waals surface area contributed by atoms with Crippen molar-refractivity contribution in [3.8, 4) is 11.5 Å². The molecule has 2 N–H and O–H groups in total. The summed E-state index contributed by atoms with van der Waals surface area (Å²) in [6.07, 6.45) is 2.08. The number of rotatable bonds is 10. The van der Waals surface area contributed by atoms with Gasteiger partial charge in [0.05, 0.1) is 36.3 Å². The van der Waals surface area contributed by atoms with Gasteiger partial charge in [-0.05, 0) is 37.2 Å². The number of nitrogens with one attached hydrogen (secondary N) is 2. The summed E-state index contributed by atoms with van der Waals surface area (Å²) in [6.45, 7) is 0.518. The molecule has 11 heteroatoms. The van der Waals surface area contributed by atoms with Gasteiger partial charge in [-0.15, -0.1) is 0 Å². The van der Waals surface area contributed by atoms with Crippen molar-refractivity contribution in [3.05, 3.63) is 58.6 Å². The van der Waals surface area contributed by atoms with Crippen LogP contribution in [0.2, 0.25) is 0 Å². The van der Waals surface area contributed by atoms with Crippen molar-refractivity contribution in [2.75, 3.05) is 21.3 Å². The maximum Gasteiger partial charge on any atom is 0.261 e. The Labute approximate surface area is 191 Å². The van der Waals surface area contributed by atoms with Crippen LogP contribution in [0.5, 0.6) is 11.5 Å². The number of amides is 1. The number of hydrogen-bond donors (Lipinski definition) is 2. The third-order valence-electron chi connectivity index (χ3n) is 5.10. The van der Waals surface area contributed by atoms with Gasteiger partial charge in [0.2, 0.25) is 15.9 Å². The lowest BCUT2D eigenvalue weighted by molar-refractivity contribution is -0.121. The molecule has 0 aliphatic rings. The number of benzene rings is 2. The van der Waals surface area contributed by atoms with Crippen LogP contribution in [0.15, 0.2) is 52.4 Å². The highest BCUT2D eigenvalue weighted by molar-refractivity contribution is 7.89. The third-order valence-corrected chi connectivity index (χ3v) is 6.51. The average Bonchev–Trinajstić information content (AvgIpc) is 2.83. The molecular weight excluding hydrogens is 448 g/mol. The first-order valence-corrected chi connectivity index (χ1v) is 11.7. The summed E-state index contributed by atoms with van der Waals surface area (Å²) in [7, 11) is 0.797. The number of aryl methyl sites for hydroxylation is 1. The molecule has 2 aromatic carbocycles. The summed E-state index contributed by atoms with van der Waals surface area (Å²) in [5.41, 5.74) is 0.928. The molecule has 0 fully saturated rings. The number of carbonyl (C=O) groups excluding carboxylic acids is 1. The van der Waals surface area contributed by atoms with E-state index in [4.69, 9.17) is 9.47 Å². The second-order valence-electron chi connectivity index (χ2n) is 7.20. The minimum Gasteiger partial charge on any atom is -0.493 e. The van der Waals surface area contributed by atoms with E-state index in [1.807, 2.05) is 0 Å². The maximum absolute atomic E-state index is 12.8. The topological polar surface area (TPSA) is 129 Å². The highest BCUT2D eigenvalue weighted by Gasteiger charge is 2.13. The van der Waals surface area contributed by atoms with E-state index in [2.05, 4.69) is 15.0 Å². The fourth-order valence-electron chi connectivity index (χ4n) is 3.28. The molecule has 0 saturated carbocycles. The Morgan fingerprint density at radius 2 is 1.85 bits per heavy atom. The lowest BCUT2D eigenvalue weighted by atomic mass is 10.2. The van der Waals surface area contributed by atoms with Crippen LogP contribution in [0, 0.1) is 0 Å². The van der Waals surface area contributed by atoms with Crippen LogP contribution in [-0.4, -0.2) is 45.1 Å². The average molecular weight is 475 g/mol. The molecule has 1 amide bonds. The molecule has 1 heterocycles. The maximum atomic E-state index is 12.8. The zero-order valence-corrected chi connectivity index (χ0v) is 19.4. The van der Waals surface area contributed by atoms with Crippen molar-refractivity contribution >= 4 is 26.8 Å². The van der Waals surface area contributed by atoms with Gasteiger partial charge in [0, 0.05) is 25.6 Å². The van der Waals surface area contributed by atoms with Crippen molar-refractivity contribution in [2.24, 2.45) is 0 Å². The van der Waals surface area contributed by atoms with Crippen LogP contribution in [0.1, 0.15) is 18.4 Å².